The maximum Gasteiger partial charge on any atom is 0.331 e. The van der Waals surface area contributed by atoms with Crippen molar-refractivity contribution in [1.29, 1.82) is 0 Å². The Balaban J connectivity index is 1.73. The number of imide groups is 2. The van der Waals surface area contributed by atoms with Crippen LogP contribution in [0.25, 0.3) is 17.0 Å². The monoisotopic (exact) mass is 373 g/mol. The van der Waals surface area contributed by atoms with Crippen LogP contribution in [-0.2, 0) is 22.7 Å². The van der Waals surface area contributed by atoms with E-state index in [1.165, 1.54) is 0 Å². The number of nitrogens with one attached hydrogen (secondary N) is 1. The second-order valence-electron chi connectivity index (χ2n) is 6.58. The Labute approximate surface area is 162 Å². The van der Waals surface area contributed by atoms with Gasteiger partial charge in [0.05, 0.1) is 6.54 Å². The van der Waals surface area contributed by atoms with Gasteiger partial charge in [-0.2, -0.15) is 0 Å². The molecule has 0 unspecified atom stereocenters. The first-order valence-corrected chi connectivity index (χ1v) is 9.09. The molecule has 2 heterocycles. The maximum atomic E-state index is 12.9. The van der Waals surface area contributed by atoms with Crippen molar-refractivity contribution >= 4 is 34.8 Å². The Kier molecular flexibility index (Phi) is 4.53. The highest BCUT2D eigenvalue weighted by atomic mass is 16.2. The van der Waals surface area contributed by atoms with Gasteiger partial charge in [0, 0.05) is 29.2 Å². The van der Waals surface area contributed by atoms with Gasteiger partial charge in [0.1, 0.15) is 5.57 Å². The number of aryl methyl sites for hydroxylation is 1. The Bertz CT molecular complexity index is 1110. The number of aromatic nitrogens is 1. The number of para-hydroxylation sites is 1. The summed E-state index contributed by atoms with van der Waals surface area (Å²) in [6.07, 6.45) is 3.48. The number of carbonyl (C=O) groups excluding carboxylic acids is 3. The van der Waals surface area contributed by atoms with E-state index >= 15 is 0 Å². The number of barbiturate groups is 1. The van der Waals surface area contributed by atoms with Gasteiger partial charge in [-0.1, -0.05) is 48.5 Å². The zero-order valence-electron chi connectivity index (χ0n) is 15.4. The molecule has 3 aromatic rings. The third-order valence-electron chi connectivity index (χ3n) is 4.83. The molecule has 1 N–H and O–H groups in total. The predicted molar refractivity (Wildman–Crippen MR) is 106 cm³/mol. The summed E-state index contributed by atoms with van der Waals surface area (Å²) in [5.41, 5.74) is 2.56. The number of hydrogen-bond donors (Lipinski definition) is 1. The van der Waals surface area contributed by atoms with E-state index in [9.17, 15) is 14.4 Å². The van der Waals surface area contributed by atoms with E-state index < -0.39 is 17.8 Å². The largest absolute Gasteiger partial charge is 0.347 e. The van der Waals surface area contributed by atoms with Crippen LogP contribution < -0.4 is 5.32 Å². The van der Waals surface area contributed by atoms with Crippen LogP contribution in [0.15, 0.2) is 66.4 Å². The van der Waals surface area contributed by atoms with Crippen LogP contribution in [-0.4, -0.2) is 27.3 Å². The minimum Gasteiger partial charge on any atom is -0.347 e. The van der Waals surface area contributed by atoms with Crippen molar-refractivity contribution in [3.8, 4) is 0 Å². The van der Waals surface area contributed by atoms with E-state index in [0.717, 1.165) is 33.5 Å². The first kappa shape index (κ1) is 17.7. The molecular formula is C22H19N3O3. The summed E-state index contributed by atoms with van der Waals surface area (Å²) in [4.78, 5) is 38.6. The molecule has 0 saturated carbocycles. The Morgan fingerprint density at radius 3 is 2.43 bits per heavy atom. The van der Waals surface area contributed by atoms with Gasteiger partial charge in [0.25, 0.3) is 11.8 Å². The number of nitrogens with zero attached hydrogens (tertiary/aromatic N) is 2. The molecule has 1 fully saturated rings. The average Bonchev–Trinajstić information content (AvgIpc) is 3.07. The summed E-state index contributed by atoms with van der Waals surface area (Å²) in [5, 5.41) is 3.22. The second kappa shape index (κ2) is 7.15. The van der Waals surface area contributed by atoms with Crippen molar-refractivity contribution in [2.75, 3.05) is 0 Å². The predicted octanol–water partition coefficient (Wildman–Crippen LogP) is 3.32. The lowest BCUT2D eigenvalue weighted by Crippen LogP contribution is -2.53. The number of benzene rings is 2. The summed E-state index contributed by atoms with van der Waals surface area (Å²) in [6, 6.07) is 16.3. The van der Waals surface area contributed by atoms with Gasteiger partial charge in [-0.05, 0) is 24.6 Å². The lowest BCUT2D eigenvalue weighted by molar-refractivity contribution is -0.130. The Morgan fingerprint density at radius 2 is 1.68 bits per heavy atom. The van der Waals surface area contributed by atoms with Gasteiger partial charge in [-0.3, -0.25) is 19.8 Å². The first-order valence-electron chi connectivity index (χ1n) is 9.09. The minimum absolute atomic E-state index is 0.0467. The number of urea groups is 1. The van der Waals surface area contributed by atoms with Crippen molar-refractivity contribution in [2.24, 2.45) is 0 Å². The summed E-state index contributed by atoms with van der Waals surface area (Å²) in [7, 11) is 0. The van der Waals surface area contributed by atoms with Crippen LogP contribution in [0.5, 0.6) is 0 Å². The van der Waals surface area contributed by atoms with Crippen molar-refractivity contribution in [2.45, 2.75) is 20.0 Å². The molecule has 6 heteroatoms. The number of hydrogen-bond acceptors (Lipinski definition) is 3. The lowest BCUT2D eigenvalue weighted by Gasteiger charge is -2.26. The van der Waals surface area contributed by atoms with Crippen molar-refractivity contribution in [3.05, 3.63) is 77.5 Å². The highest BCUT2D eigenvalue weighted by Crippen LogP contribution is 2.25. The molecule has 140 valence electrons. The molecule has 1 aliphatic heterocycles. The van der Waals surface area contributed by atoms with E-state index in [0.29, 0.717) is 0 Å². The van der Waals surface area contributed by atoms with Crippen LogP contribution in [0.1, 0.15) is 18.1 Å². The fourth-order valence-corrected chi connectivity index (χ4v) is 3.41. The molecular weight excluding hydrogens is 354 g/mol. The molecule has 4 rings (SSSR count). The van der Waals surface area contributed by atoms with Gasteiger partial charge < -0.3 is 4.57 Å². The highest BCUT2D eigenvalue weighted by molar-refractivity contribution is 6.31. The molecule has 1 aromatic heterocycles. The SMILES string of the molecule is CCn1cc(C=C2C(=O)NC(=O)N(Cc3ccccc3)C2=O)c2ccccc21. The van der Waals surface area contributed by atoms with Crippen molar-refractivity contribution < 1.29 is 14.4 Å². The molecule has 2 aromatic carbocycles. The maximum absolute atomic E-state index is 12.9. The molecule has 6 nitrogen and oxygen atoms in total. The van der Waals surface area contributed by atoms with Crippen LogP contribution in [0, 0.1) is 0 Å². The zero-order chi connectivity index (χ0) is 19.7. The van der Waals surface area contributed by atoms with Gasteiger partial charge >= 0.3 is 6.03 Å². The highest BCUT2D eigenvalue weighted by Gasteiger charge is 2.35. The third-order valence-corrected chi connectivity index (χ3v) is 4.83. The van der Waals surface area contributed by atoms with Crippen LogP contribution >= 0.6 is 0 Å². The van der Waals surface area contributed by atoms with Gasteiger partial charge in [-0.15, -0.1) is 0 Å². The van der Waals surface area contributed by atoms with Gasteiger partial charge in [0.2, 0.25) is 0 Å². The Morgan fingerprint density at radius 1 is 0.964 bits per heavy atom. The topological polar surface area (TPSA) is 71.4 Å². The normalized spacial score (nSPS) is 16.1. The number of amides is 4. The number of rotatable bonds is 4. The lowest BCUT2D eigenvalue weighted by atomic mass is 10.1. The molecule has 28 heavy (non-hydrogen) atoms. The third kappa shape index (κ3) is 3.09. The molecule has 0 radical (unpaired) electrons. The smallest absolute Gasteiger partial charge is 0.331 e. The van der Waals surface area contributed by atoms with Crippen LogP contribution in [0.3, 0.4) is 0 Å². The number of fused-ring (bicyclic) bond motifs is 1. The van der Waals surface area contributed by atoms with Crippen molar-refractivity contribution in [1.82, 2.24) is 14.8 Å². The fourth-order valence-electron chi connectivity index (χ4n) is 3.41. The van der Waals surface area contributed by atoms with Crippen molar-refractivity contribution in [3.63, 3.8) is 0 Å². The zero-order valence-corrected chi connectivity index (χ0v) is 15.4. The second-order valence-corrected chi connectivity index (χ2v) is 6.58. The van der Waals surface area contributed by atoms with E-state index in [2.05, 4.69) is 9.88 Å². The summed E-state index contributed by atoms with van der Waals surface area (Å²) in [6.45, 7) is 2.90. The average molecular weight is 373 g/mol. The first-order chi connectivity index (χ1) is 13.6. The van der Waals surface area contributed by atoms with Crippen LogP contribution in [0.2, 0.25) is 0 Å². The summed E-state index contributed by atoms with van der Waals surface area (Å²) in [5.74, 6) is -1.27. The van der Waals surface area contributed by atoms with E-state index in [1.807, 2.05) is 67.7 Å². The van der Waals surface area contributed by atoms with E-state index in [4.69, 9.17) is 0 Å². The van der Waals surface area contributed by atoms with E-state index in [-0.39, 0.29) is 12.1 Å². The van der Waals surface area contributed by atoms with E-state index in [1.54, 1.807) is 6.08 Å². The van der Waals surface area contributed by atoms with Crippen LogP contribution in [0.4, 0.5) is 4.79 Å². The molecule has 4 amide bonds. The molecule has 0 aliphatic carbocycles. The standard InChI is InChI=1S/C22H19N3O3/c1-2-24-14-16(17-10-6-7-11-19(17)24)12-18-20(26)23-22(28)25(21(18)27)13-15-8-4-3-5-9-15/h3-12,14H,2,13H2,1H3,(H,23,26,28). The summed E-state index contributed by atoms with van der Waals surface area (Å²) < 4.78 is 2.06. The molecule has 0 bridgehead atoms. The number of carbonyl (C=O) groups is 3. The fraction of sp³-hybridized carbons (Fsp3) is 0.136. The molecule has 1 aliphatic rings. The molecule has 1 saturated heterocycles. The summed E-state index contributed by atoms with van der Waals surface area (Å²) >= 11 is 0. The minimum atomic E-state index is -0.702. The Hall–Kier alpha value is -3.67. The quantitative estimate of drug-likeness (QED) is 0.563. The van der Waals surface area contributed by atoms with Gasteiger partial charge in [-0.25, -0.2) is 4.79 Å². The van der Waals surface area contributed by atoms with Gasteiger partial charge in [0.15, 0.2) is 0 Å². The molecule has 0 atom stereocenters. The molecule has 0 spiro atoms.